The molecule has 1 heterocycles. The number of nitrogens with two attached hydrogens (primary N) is 2. The summed E-state index contributed by atoms with van der Waals surface area (Å²) < 4.78 is 4.36. The molecule has 0 atom stereocenters. The maximum atomic E-state index is 9.28. The maximum Gasteiger partial charge on any atom is 0.199 e. The Bertz CT molecular complexity index is 648. The lowest BCUT2D eigenvalue weighted by Gasteiger charge is -1.97. The van der Waals surface area contributed by atoms with Crippen molar-refractivity contribution >= 4 is 17.9 Å². The SMILES string of the molecule is NC(=N/N=C/c1ccc(O)c(O)c1)c1nonc1N. The normalized spacial score (nSPS) is 12.1. The maximum absolute atomic E-state index is 9.28. The van der Waals surface area contributed by atoms with Crippen LogP contribution in [0.5, 0.6) is 11.5 Å². The van der Waals surface area contributed by atoms with E-state index in [0.717, 1.165) is 0 Å². The number of amidine groups is 1. The first-order valence-electron chi connectivity index (χ1n) is 5.05. The minimum Gasteiger partial charge on any atom is -0.504 e. The van der Waals surface area contributed by atoms with Gasteiger partial charge in [-0.15, -0.1) is 5.10 Å². The number of hydrogen-bond acceptors (Lipinski definition) is 8. The summed E-state index contributed by atoms with van der Waals surface area (Å²) in [6, 6.07) is 4.18. The Morgan fingerprint density at radius 1 is 1.26 bits per heavy atom. The number of hydrogen-bond donors (Lipinski definition) is 4. The van der Waals surface area contributed by atoms with Gasteiger partial charge < -0.3 is 21.7 Å². The topological polar surface area (TPSA) is 156 Å². The molecule has 0 bridgehead atoms. The molecular weight excluding hydrogens is 252 g/mol. The zero-order valence-corrected chi connectivity index (χ0v) is 9.56. The Hall–Kier alpha value is -3.10. The molecule has 0 aliphatic rings. The fraction of sp³-hybridized carbons (Fsp3) is 0. The number of phenolic OH excluding ortho intramolecular Hbond substituents is 2. The Kier molecular flexibility index (Phi) is 3.28. The van der Waals surface area contributed by atoms with E-state index < -0.39 is 0 Å². The molecule has 2 rings (SSSR count). The first-order chi connectivity index (χ1) is 9.08. The van der Waals surface area contributed by atoms with E-state index in [2.05, 4.69) is 25.1 Å². The van der Waals surface area contributed by atoms with Gasteiger partial charge in [-0.05, 0) is 34.1 Å². The summed E-state index contributed by atoms with van der Waals surface area (Å²) in [5.41, 5.74) is 11.6. The summed E-state index contributed by atoms with van der Waals surface area (Å²) in [4.78, 5) is 0. The minimum atomic E-state index is -0.258. The average molecular weight is 262 g/mol. The van der Waals surface area contributed by atoms with Crippen LogP contribution in [0.4, 0.5) is 5.82 Å². The van der Waals surface area contributed by atoms with E-state index in [1.165, 1.54) is 24.4 Å². The van der Waals surface area contributed by atoms with Gasteiger partial charge in [0, 0.05) is 0 Å². The molecule has 98 valence electrons. The molecule has 9 heteroatoms. The minimum absolute atomic E-state index is 0.0127. The molecule has 1 aromatic heterocycles. The van der Waals surface area contributed by atoms with Crippen LogP contribution in [0.2, 0.25) is 0 Å². The van der Waals surface area contributed by atoms with Gasteiger partial charge in [-0.2, -0.15) is 5.10 Å². The third-order valence-corrected chi connectivity index (χ3v) is 2.13. The summed E-state index contributed by atoms with van der Waals surface area (Å²) in [5, 5.41) is 32.5. The lowest BCUT2D eigenvalue weighted by Crippen LogP contribution is -2.15. The number of phenols is 2. The molecular formula is C10H10N6O3. The number of benzene rings is 1. The van der Waals surface area contributed by atoms with Gasteiger partial charge in [0.15, 0.2) is 28.8 Å². The molecule has 0 radical (unpaired) electrons. The van der Waals surface area contributed by atoms with Crippen molar-refractivity contribution in [1.29, 1.82) is 0 Å². The van der Waals surface area contributed by atoms with Crippen molar-refractivity contribution in [3.8, 4) is 11.5 Å². The molecule has 0 aliphatic carbocycles. The summed E-state index contributed by atoms with van der Waals surface area (Å²) in [6.45, 7) is 0. The lowest BCUT2D eigenvalue weighted by molar-refractivity contribution is 0.308. The number of aromatic nitrogens is 2. The van der Waals surface area contributed by atoms with E-state index in [0.29, 0.717) is 5.56 Å². The van der Waals surface area contributed by atoms with Gasteiger partial charge in [0.2, 0.25) is 0 Å². The van der Waals surface area contributed by atoms with Crippen molar-refractivity contribution in [2.24, 2.45) is 15.9 Å². The van der Waals surface area contributed by atoms with Gasteiger partial charge in [-0.25, -0.2) is 4.63 Å². The van der Waals surface area contributed by atoms with E-state index in [1.807, 2.05) is 0 Å². The number of aromatic hydroxyl groups is 2. The number of rotatable bonds is 3. The highest BCUT2D eigenvalue weighted by Crippen LogP contribution is 2.23. The van der Waals surface area contributed by atoms with Crippen LogP contribution in [0.1, 0.15) is 11.3 Å². The van der Waals surface area contributed by atoms with Gasteiger partial charge in [0.1, 0.15) is 0 Å². The van der Waals surface area contributed by atoms with Gasteiger partial charge in [0.05, 0.1) is 6.21 Å². The first-order valence-corrected chi connectivity index (χ1v) is 5.05. The second-order valence-corrected chi connectivity index (χ2v) is 3.48. The summed E-state index contributed by atoms with van der Waals surface area (Å²) in [5.74, 6) is -0.524. The zero-order chi connectivity index (χ0) is 13.8. The largest absolute Gasteiger partial charge is 0.504 e. The van der Waals surface area contributed by atoms with E-state index in [1.54, 1.807) is 0 Å². The van der Waals surface area contributed by atoms with Crippen LogP contribution in [0.15, 0.2) is 33.0 Å². The van der Waals surface area contributed by atoms with E-state index in [9.17, 15) is 5.11 Å². The molecule has 2 aromatic rings. The molecule has 19 heavy (non-hydrogen) atoms. The molecule has 0 saturated heterocycles. The van der Waals surface area contributed by atoms with Crippen molar-refractivity contribution in [3.05, 3.63) is 29.5 Å². The van der Waals surface area contributed by atoms with Crippen molar-refractivity contribution in [1.82, 2.24) is 10.3 Å². The van der Waals surface area contributed by atoms with Gasteiger partial charge in [0.25, 0.3) is 0 Å². The highest BCUT2D eigenvalue weighted by Gasteiger charge is 2.09. The molecule has 0 fully saturated rings. The Morgan fingerprint density at radius 3 is 2.68 bits per heavy atom. The summed E-state index contributed by atoms with van der Waals surface area (Å²) >= 11 is 0. The lowest BCUT2D eigenvalue weighted by atomic mass is 10.2. The van der Waals surface area contributed by atoms with Gasteiger partial charge >= 0.3 is 0 Å². The van der Waals surface area contributed by atoms with Crippen LogP contribution >= 0.6 is 0 Å². The second-order valence-electron chi connectivity index (χ2n) is 3.48. The monoisotopic (exact) mass is 262 g/mol. The number of anilines is 1. The first kappa shape index (κ1) is 12.4. The van der Waals surface area contributed by atoms with E-state index >= 15 is 0 Å². The number of nitrogens with zero attached hydrogens (tertiary/aromatic N) is 4. The molecule has 0 spiro atoms. The molecule has 0 saturated carbocycles. The van der Waals surface area contributed by atoms with E-state index in [-0.39, 0.29) is 28.8 Å². The van der Waals surface area contributed by atoms with Crippen LogP contribution in [0.3, 0.4) is 0 Å². The van der Waals surface area contributed by atoms with Gasteiger partial charge in [-0.1, -0.05) is 0 Å². The van der Waals surface area contributed by atoms with Crippen LogP contribution in [0, 0.1) is 0 Å². The zero-order valence-electron chi connectivity index (χ0n) is 9.56. The number of nitrogen functional groups attached to an aromatic ring is 1. The molecule has 0 aliphatic heterocycles. The molecule has 6 N–H and O–H groups in total. The average Bonchev–Trinajstić information content (AvgIpc) is 2.80. The van der Waals surface area contributed by atoms with Crippen molar-refractivity contribution in [2.75, 3.05) is 5.73 Å². The quantitative estimate of drug-likeness (QED) is 0.258. The molecule has 9 nitrogen and oxygen atoms in total. The molecule has 1 aromatic carbocycles. The summed E-state index contributed by atoms with van der Waals surface area (Å²) in [7, 11) is 0. The van der Waals surface area contributed by atoms with Crippen LogP contribution in [-0.2, 0) is 0 Å². The Labute approximate surface area is 106 Å². The predicted octanol–water partition coefficient (Wildman–Crippen LogP) is -0.198. The van der Waals surface area contributed by atoms with Crippen molar-refractivity contribution in [2.45, 2.75) is 0 Å². The van der Waals surface area contributed by atoms with Crippen LogP contribution < -0.4 is 11.5 Å². The fourth-order valence-electron chi connectivity index (χ4n) is 1.20. The van der Waals surface area contributed by atoms with Crippen LogP contribution in [0.25, 0.3) is 0 Å². The third kappa shape index (κ3) is 2.77. The summed E-state index contributed by atoms with van der Waals surface area (Å²) in [6.07, 6.45) is 1.33. The fourth-order valence-corrected chi connectivity index (χ4v) is 1.20. The third-order valence-electron chi connectivity index (χ3n) is 2.13. The standard InChI is InChI=1S/C10H10N6O3/c11-9(8-10(12)16-19-15-8)14-13-4-5-1-2-6(17)7(18)3-5/h1-4,17-18H,(H2,11,14)(H2,12,16)/b13-4+. The van der Waals surface area contributed by atoms with Crippen LogP contribution in [-0.4, -0.2) is 32.6 Å². The highest BCUT2D eigenvalue weighted by molar-refractivity contribution is 5.99. The Morgan fingerprint density at radius 2 is 2.05 bits per heavy atom. The smallest absolute Gasteiger partial charge is 0.199 e. The second kappa shape index (κ2) is 5.04. The van der Waals surface area contributed by atoms with Gasteiger partial charge in [-0.3, -0.25) is 0 Å². The molecule has 0 amide bonds. The Balaban J connectivity index is 2.15. The molecule has 0 unspecified atom stereocenters. The van der Waals surface area contributed by atoms with Crippen molar-refractivity contribution in [3.63, 3.8) is 0 Å². The van der Waals surface area contributed by atoms with Crippen molar-refractivity contribution < 1.29 is 14.8 Å². The predicted molar refractivity (Wildman–Crippen MR) is 66.8 cm³/mol. The van der Waals surface area contributed by atoms with E-state index in [4.69, 9.17) is 16.6 Å². The highest BCUT2D eigenvalue weighted by atomic mass is 16.6.